The molecule has 0 atom stereocenters. The number of hydrogen-bond donors (Lipinski definition) is 0. The Morgan fingerprint density at radius 3 is 1.94 bits per heavy atom. The van der Waals surface area contributed by atoms with Crippen LogP contribution in [0.15, 0.2) is 97.1 Å². The maximum absolute atomic E-state index is 5.12. The van der Waals surface area contributed by atoms with Gasteiger partial charge in [0.2, 0.25) is 0 Å². The van der Waals surface area contributed by atoms with Crippen molar-refractivity contribution in [3.63, 3.8) is 0 Å². The number of aromatic nitrogens is 2. The highest BCUT2D eigenvalue weighted by Crippen LogP contribution is 2.34. The number of benzene rings is 3. The zero-order chi connectivity index (χ0) is 24.3. The van der Waals surface area contributed by atoms with Crippen LogP contribution in [0.4, 0.5) is 5.82 Å². The molecule has 5 aromatic rings. The SMILES string of the molecule is Cc1cc2c(N3CCN(C(c4ccccc4)c4ccccc4)CC3)nc(Cc3ccccc3)nc2s1. The predicted octanol–water partition coefficient (Wildman–Crippen LogP) is 6.50. The van der Waals surface area contributed by atoms with Crippen LogP contribution in [0.1, 0.15) is 33.4 Å². The zero-order valence-corrected chi connectivity index (χ0v) is 21.4. The highest BCUT2D eigenvalue weighted by Gasteiger charge is 2.28. The topological polar surface area (TPSA) is 32.3 Å². The van der Waals surface area contributed by atoms with Crippen molar-refractivity contribution in [3.8, 4) is 0 Å². The van der Waals surface area contributed by atoms with Gasteiger partial charge in [-0.05, 0) is 29.7 Å². The number of piperazine rings is 1. The van der Waals surface area contributed by atoms with Crippen LogP contribution in [0.5, 0.6) is 0 Å². The van der Waals surface area contributed by atoms with Crippen LogP contribution in [-0.4, -0.2) is 41.0 Å². The van der Waals surface area contributed by atoms with Crippen molar-refractivity contribution in [1.29, 1.82) is 0 Å². The average molecular weight is 491 g/mol. The molecular formula is C31H30N4S. The van der Waals surface area contributed by atoms with E-state index >= 15 is 0 Å². The van der Waals surface area contributed by atoms with Gasteiger partial charge in [-0.1, -0.05) is 91.0 Å². The van der Waals surface area contributed by atoms with Gasteiger partial charge < -0.3 is 4.90 Å². The van der Waals surface area contributed by atoms with Crippen molar-refractivity contribution in [3.05, 3.63) is 124 Å². The summed E-state index contributed by atoms with van der Waals surface area (Å²) in [6.45, 7) is 6.02. The van der Waals surface area contributed by atoms with Crippen molar-refractivity contribution >= 4 is 27.4 Å². The Balaban J connectivity index is 1.28. The summed E-state index contributed by atoms with van der Waals surface area (Å²) in [5, 5.41) is 1.19. The maximum Gasteiger partial charge on any atom is 0.141 e. The van der Waals surface area contributed by atoms with E-state index in [0.717, 1.165) is 49.1 Å². The molecule has 0 unspecified atom stereocenters. The molecule has 36 heavy (non-hydrogen) atoms. The van der Waals surface area contributed by atoms with E-state index in [-0.39, 0.29) is 6.04 Å². The molecule has 2 aromatic heterocycles. The molecule has 0 spiro atoms. The van der Waals surface area contributed by atoms with Crippen molar-refractivity contribution in [1.82, 2.24) is 14.9 Å². The molecule has 1 fully saturated rings. The molecule has 1 aliphatic heterocycles. The second-order valence-electron chi connectivity index (χ2n) is 9.45. The summed E-state index contributed by atoms with van der Waals surface area (Å²) in [4.78, 5) is 17.5. The minimum atomic E-state index is 0.261. The van der Waals surface area contributed by atoms with Gasteiger partial charge in [-0.25, -0.2) is 9.97 Å². The van der Waals surface area contributed by atoms with E-state index in [1.807, 2.05) is 0 Å². The Hall–Kier alpha value is -3.54. The van der Waals surface area contributed by atoms with Crippen LogP contribution >= 0.6 is 11.3 Å². The molecule has 6 rings (SSSR count). The molecule has 0 amide bonds. The van der Waals surface area contributed by atoms with Gasteiger partial charge >= 0.3 is 0 Å². The van der Waals surface area contributed by atoms with Gasteiger partial charge in [-0.2, -0.15) is 0 Å². The Morgan fingerprint density at radius 1 is 0.750 bits per heavy atom. The third-order valence-electron chi connectivity index (χ3n) is 6.96. The maximum atomic E-state index is 5.12. The highest BCUT2D eigenvalue weighted by atomic mass is 32.1. The van der Waals surface area contributed by atoms with Gasteiger partial charge in [-0.3, -0.25) is 4.90 Å². The molecule has 0 aliphatic carbocycles. The lowest BCUT2D eigenvalue weighted by molar-refractivity contribution is 0.212. The first-order valence-electron chi connectivity index (χ1n) is 12.6. The Labute approximate surface area is 216 Å². The van der Waals surface area contributed by atoms with Gasteiger partial charge in [0, 0.05) is 37.5 Å². The van der Waals surface area contributed by atoms with Gasteiger partial charge in [0.25, 0.3) is 0 Å². The van der Waals surface area contributed by atoms with Crippen LogP contribution in [0.2, 0.25) is 0 Å². The fourth-order valence-electron chi connectivity index (χ4n) is 5.25. The van der Waals surface area contributed by atoms with Gasteiger partial charge in [0.05, 0.1) is 11.4 Å². The molecular weight excluding hydrogens is 460 g/mol. The number of rotatable bonds is 6. The molecule has 3 heterocycles. The summed E-state index contributed by atoms with van der Waals surface area (Å²) < 4.78 is 0. The predicted molar refractivity (Wildman–Crippen MR) is 150 cm³/mol. The largest absolute Gasteiger partial charge is 0.353 e. The summed E-state index contributed by atoms with van der Waals surface area (Å²) in [5.74, 6) is 1.99. The molecule has 3 aromatic carbocycles. The third-order valence-corrected chi connectivity index (χ3v) is 7.90. The van der Waals surface area contributed by atoms with Crippen LogP contribution in [0.25, 0.3) is 10.2 Å². The minimum absolute atomic E-state index is 0.261. The zero-order valence-electron chi connectivity index (χ0n) is 20.5. The lowest BCUT2D eigenvalue weighted by Gasteiger charge is -2.40. The Morgan fingerprint density at radius 2 is 1.33 bits per heavy atom. The van der Waals surface area contributed by atoms with Crippen LogP contribution < -0.4 is 4.90 Å². The van der Waals surface area contributed by atoms with E-state index in [2.05, 4.69) is 114 Å². The molecule has 0 saturated carbocycles. The van der Waals surface area contributed by atoms with Crippen LogP contribution in [0.3, 0.4) is 0 Å². The molecule has 1 aliphatic rings. The number of anilines is 1. The van der Waals surface area contributed by atoms with Gasteiger partial charge in [0.15, 0.2) is 0 Å². The quantitative estimate of drug-likeness (QED) is 0.272. The monoisotopic (exact) mass is 490 g/mol. The molecule has 0 radical (unpaired) electrons. The summed E-state index contributed by atoms with van der Waals surface area (Å²) in [5.41, 5.74) is 3.94. The second-order valence-corrected chi connectivity index (χ2v) is 10.7. The number of fused-ring (bicyclic) bond motifs is 1. The van der Waals surface area contributed by atoms with Crippen molar-refractivity contribution in [2.45, 2.75) is 19.4 Å². The van der Waals surface area contributed by atoms with E-state index in [1.165, 1.54) is 27.0 Å². The van der Waals surface area contributed by atoms with E-state index in [4.69, 9.17) is 9.97 Å². The fourth-order valence-corrected chi connectivity index (χ4v) is 6.14. The molecule has 1 saturated heterocycles. The number of thiophene rings is 1. The Bertz CT molecular complexity index is 1390. The smallest absolute Gasteiger partial charge is 0.141 e. The summed E-state index contributed by atoms with van der Waals surface area (Å²) in [6, 6.07) is 34.8. The van der Waals surface area contributed by atoms with E-state index in [0.29, 0.717) is 0 Å². The number of aryl methyl sites for hydroxylation is 1. The normalized spacial score (nSPS) is 14.6. The molecule has 0 N–H and O–H groups in total. The van der Waals surface area contributed by atoms with Crippen LogP contribution in [0, 0.1) is 6.92 Å². The summed E-state index contributed by atoms with van der Waals surface area (Å²) in [6.07, 6.45) is 0.755. The standard InChI is InChI=1S/C31H30N4S/c1-23-21-27-30(32-28(33-31(27)36-23)22-24-11-5-2-6-12-24)35-19-17-34(18-20-35)29(25-13-7-3-8-14-25)26-15-9-4-10-16-26/h2-16,21,29H,17-20,22H2,1H3. The molecule has 0 bridgehead atoms. The first-order valence-corrected chi connectivity index (χ1v) is 13.5. The van der Waals surface area contributed by atoms with Gasteiger partial charge in [-0.15, -0.1) is 11.3 Å². The van der Waals surface area contributed by atoms with Crippen LogP contribution in [-0.2, 0) is 6.42 Å². The third kappa shape index (κ3) is 4.77. The number of nitrogens with zero attached hydrogens (tertiary/aromatic N) is 4. The Kier molecular flexibility index (Phi) is 6.50. The lowest BCUT2D eigenvalue weighted by atomic mass is 9.96. The van der Waals surface area contributed by atoms with Crippen molar-refractivity contribution < 1.29 is 0 Å². The van der Waals surface area contributed by atoms with Crippen molar-refractivity contribution in [2.24, 2.45) is 0 Å². The lowest BCUT2D eigenvalue weighted by Crippen LogP contribution is -2.48. The summed E-state index contributed by atoms with van der Waals surface area (Å²) >= 11 is 1.77. The molecule has 5 heteroatoms. The molecule has 180 valence electrons. The highest BCUT2D eigenvalue weighted by molar-refractivity contribution is 7.18. The minimum Gasteiger partial charge on any atom is -0.353 e. The first-order chi connectivity index (χ1) is 17.7. The van der Waals surface area contributed by atoms with E-state index < -0.39 is 0 Å². The first kappa shape index (κ1) is 22.9. The van der Waals surface area contributed by atoms with E-state index in [1.54, 1.807) is 11.3 Å². The molecule has 4 nitrogen and oxygen atoms in total. The summed E-state index contributed by atoms with van der Waals surface area (Å²) in [7, 11) is 0. The van der Waals surface area contributed by atoms with Gasteiger partial charge in [0.1, 0.15) is 16.5 Å². The second kappa shape index (κ2) is 10.2. The fraction of sp³-hybridized carbons (Fsp3) is 0.226. The average Bonchev–Trinajstić information content (AvgIpc) is 3.31. The van der Waals surface area contributed by atoms with Crippen molar-refractivity contribution in [2.75, 3.05) is 31.1 Å². The van der Waals surface area contributed by atoms with E-state index in [9.17, 15) is 0 Å². The number of hydrogen-bond acceptors (Lipinski definition) is 5.